The van der Waals surface area contributed by atoms with Crippen molar-refractivity contribution in [3.63, 3.8) is 0 Å². The molecule has 2 heterocycles. The SMILES string of the molecule is CC(=O)NC1CCC(N(c2c(C(N)=O)cnn3cc(-c4ccc(C(N)=O)cc4F)cc23)C(C)C)CC1. The van der Waals surface area contributed by atoms with E-state index in [-0.39, 0.29) is 40.7 Å². The van der Waals surface area contributed by atoms with E-state index in [1.807, 2.05) is 13.8 Å². The highest BCUT2D eigenvalue weighted by atomic mass is 19.1. The van der Waals surface area contributed by atoms with E-state index < -0.39 is 17.6 Å². The van der Waals surface area contributed by atoms with Crippen LogP contribution < -0.4 is 21.7 Å². The van der Waals surface area contributed by atoms with Crippen molar-refractivity contribution in [2.45, 2.75) is 64.6 Å². The number of amides is 3. The number of carbonyl (C=O) groups is 3. The number of primary amides is 2. The predicted molar refractivity (Wildman–Crippen MR) is 135 cm³/mol. The van der Waals surface area contributed by atoms with Crippen LogP contribution in [0.15, 0.2) is 36.7 Å². The van der Waals surface area contributed by atoms with Gasteiger partial charge in [0.25, 0.3) is 5.91 Å². The van der Waals surface area contributed by atoms with Crippen molar-refractivity contribution < 1.29 is 18.8 Å². The zero-order chi connectivity index (χ0) is 26.1. The van der Waals surface area contributed by atoms with E-state index in [4.69, 9.17) is 11.5 Å². The van der Waals surface area contributed by atoms with Crippen molar-refractivity contribution in [2.75, 3.05) is 4.90 Å². The minimum Gasteiger partial charge on any atom is -0.366 e. The molecule has 0 radical (unpaired) electrons. The van der Waals surface area contributed by atoms with E-state index in [0.29, 0.717) is 16.8 Å². The Morgan fingerprint density at radius 3 is 2.36 bits per heavy atom. The first-order valence-corrected chi connectivity index (χ1v) is 12.0. The first-order valence-electron chi connectivity index (χ1n) is 12.0. The Bertz CT molecular complexity index is 1330. The molecule has 0 spiro atoms. The molecule has 1 fully saturated rings. The van der Waals surface area contributed by atoms with Crippen LogP contribution in [0.2, 0.25) is 0 Å². The van der Waals surface area contributed by atoms with E-state index >= 15 is 0 Å². The molecular weight excluding hydrogens is 463 g/mol. The molecule has 5 N–H and O–H groups in total. The molecular formula is C26H31FN6O3. The molecule has 1 aromatic carbocycles. The molecule has 0 aliphatic heterocycles. The van der Waals surface area contributed by atoms with Gasteiger partial charge in [0.1, 0.15) is 5.82 Å². The second kappa shape index (κ2) is 9.96. The van der Waals surface area contributed by atoms with Crippen LogP contribution in [-0.2, 0) is 4.79 Å². The summed E-state index contributed by atoms with van der Waals surface area (Å²) in [5.74, 6) is -1.94. The van der Waals surface area contributed by atoms with Crippen LogP contribution in [0.4, 0.5) is 10.1 Å². The van der Waals surface area contributed by atoms with Crippen LogP contribution in [0, 0.1) is 5.82 Å². The third-order valence-electron chi connectivity index (χ3n) is 6.75. The maximum Gasteiger partial charge on any atom is 0.252 e. The van der Waals surface area contributed by atoms with E-state index in [1.54, 1.807) is 16.8 Å². The van der Waals surface area contributed by atoms with E-state index in [2.05, 4.69) is 15.3 Å². The fraction of sp³-hybridized carbons (Fsp3) is 0.385. The van der Waals surface area contributed by atoms with Crippen molar-refractivity contribution in [1.29, 1.82) is 0 Å². The van der Waals surface area contributed by atoms with Crippen molar-refractivity contribution in [3.05, 3.63) is 53.6 Å². The number of nitrogens with two attached hydrogens (primary N) is 2. The number of benzene rings is 1. The molecule has 3 aromatic rings. The van der Waals surface area contributed by atoms with Gasteiger partial charge in [-0.05, 0) is 57.7 Å². The summed E-state index contributed by atoms with van der Waals surface area (Å²) >= 11 is 0. The zero-order valence-corrected chi connectivity index (χ0v) is 20.6. The Labute approximate surface area is 208 Å². The lowest BCUT2D eigenvalue weighted by Crippen LogP contribution is -2.47. The van der Waals surface area contributed by atoms with Crippen molar-refractivity contribution >= 4 is 28.9 Å². The summed E-state index contributed by atoms with van der Waals surface area (Å²) in [4.78, 5) is 37.6. The van der Waals surface area contributed by atoms with Gasteiger partial charge in [0.2, 0.25) is 11.8 Å². The third kappa shape index (κ3) is 4.89. The lowest BCUT2D eigenvalue weighted by Gasteiger charge is -2.41. The molecule has 1 aliphatic rings. The summed E-state index contributed by atoms with van der Waals surface area (Å²) in [6.45, 7) is 5.62. The second-order valence-electron chi connectivity index (χ2n) is 9.60. The van der Waals surface area contributed by atoms with Gasteiger partial charge in [0, 0.05) is 47.9 Å². The van der Waals surface area contributed by atoms with Gasteiger partial charge in [-0.2, -0.15) is 5.10 Å². The molecule has 4 rings (SSSR count). The van der Waals surface area contributed by atoms with Crippen LogP contribution in [0.5, 0.6) is 0 Å². The Hall–Kier alpha value is -3.95. The van der Waals surface area contributed by atoms with Gasteiger partial charge in [-0.15, -0.1) is 0 Å². The summed E-state index contributed by atoms with van der Waals surface area (Å²) < 4.78 is 16.5. The highest BCUT2D eigenvalue weighted by Crippen LogP contribution is 2.37. The van der Waals surface area contributed by atoms with Crippen LogP contribution >= 0.6 is 0 Å². The van der Waals surface area contributed by atoms with Gasteiger partial charge in [-0.3, -0.25) is 14.4 Å². The first-order chi connectivity index (χ1) is 17.1. The number of nitrogens with one attached hydrogen (secondary N) is 1. The number of anilines is 1. The smallest absolute Gasteiger partial charge is 0.252 e. The lowest BCUT2D eigenvalue weighted by molar-refractivity contribution is -0.119. The van der Waals surface area contributed by atoms with Crippen molar-refractivity contribution in [3.8, 4) is 11.1 Å². The molecule has 0 bridgehead atoms. The average molecular weight is 495 g/mol. The fourth-order valence-electron chi connectivity index (χ4n) is 5.19. The van der Waals surface area contributed by atoms with Gasteiger partial charge in [-0.25, -0.2) is 8.91 Å². The molecule has 2 aromatic heterocycles. The lowest BCUT2D eigenvalue weighted by atomic mass is 9.88. The number of hydrogen-bond donors (Lipinski definition) is 3. The molecule has 3 amide bonds. The third-order valence-corrected chi connectivity index (χ3v) is 6.75. The molecule has 36 heavy (non-hydrogen) atoms. The number of nitrogens with zero attached hydrogens (tertiary/aromatic N) is 3. The van der Waals surface area contributed by atoms with E-state index in [9.17, 15) is 18.8 Å². The quantitative estimate of drug-likeness (QED) is 0.464. The van der Waals surface area contributed by atoms with E-state index in [0.717, 1.165) is 31.7 Å². The van der Waals surface area contributed by atoms with Crippen molar-refractivity contribution in [1.82, 2.24) is 14.9 Å². The van der Waals surface area contributed by atoms with Gasteiger partial charge < -0.3 is 21.7 Å². The summed E-state index contributed by atoms with van der Waals surface area (Å²) in [5, 5.41) is 7.36. The Morgan fingerprint density at radius 1 is 1.11 bits per heavy atom. The molecule has 9 nitrogen and oxygen atoms in total. The Balaban J connectivity index is 1.79. The van der Waals surface area contributed by atoms with Gasteiger partial charge in [-0.1, -0.05) is 6.07 Å². The van der Waals surface area contributed by atoms with Gasteiger partial charge in [0.15, 0.2) is 0 Å². The monoisotopic (exact) mass is 494 g/mol. The standard InChI is InChI=1S/C26H31FN6O3/c1-14(2)33(19-7-5-18(6-8-19)31-15(3)34)24-21(26(29)36)12-30-32-13-17(11-23(24)32)20-9-4-16(25(28)35)10-22(20)27/h4,9-14,18-19H,5-8H2,1-3H3,(H2,28,35)(H2,29,36)(H,31,34). The molecule has 10 heteroatoms. The van der Waals surface area contributed by atoms with Gasteiger partial charge in [0.05, 0.1) is 23.0 Å². The maximum atomic E-state index is 14.9. The van der Waals surface area contributed by atoms with E-state index in [1.165, 1.54) is 25.3 Å². The van der Waals surface area contributed by atoms with Crippen LogP contribution in [-0.4, -0.2) is 45.5 Å². The maximum absolute atomic E-state index is 14.9. The summed E-state index contributed by atoms with van der Waals surface area (Å²) in [6.07, 6.45) is 6.42. The minimum atomic E-state index is -0.710. The highest BCUT2D eigenvalue weighted by molar-refractivity contribution is 6.03. The van der Waals surface area contributed by atoms with Crippen LogP contribution in [0.25, 0.3) is 16.6 Å². The highest BCUT2D eigenvalue weighted by Gasteiger charge is 2.32. The number of carbonyl (C=O) groups excluding carboxylic acids is 3. The summed E-state index contributed by atoms with van der Waals surface area (Å²) in [7, 11) is 0. The van der Waals surface area contributed by atoms with Crippen LogP contribution in [0.3, 0.4) is 0 Å². The number of halogens is 1. The summed E-state index contributed by atoms with van der Waals surface area (Å²) in [5.41, 5.74) is 13.5. The predicted octanol–water partition coefficient (Wildman–Crippen LogP) is 3.00. The molecule has 0 saturated heterocycles. The number of hydrogen-bond acceptors (Lipinski definition) is 5. The molecule has 0 unspecified atom stereocenters. The molecule has 0 atom stereocenters. The minimum absolute atomic E-state index is 0.0292. The Kier molecular flexibility index (Phi) is 6.96. The molecule has 1 saturated carbocycles. The van der Waals surface area contributed by atoms with Crippen LogP contribution in [0.1, 0.15) is 67.2 Å². The number of aromatic nitrogens is 2. The fourth-order valence-corrected chi connectivity index (χ4v) is 5.19. The first kappa shape index (κ1) is 25.2. The van der Waals surface area contributed by atoms with Gasteiger partial charge >= 0.3 is 0 Å². The summed E-state index contributed by atoms with van der Waals surface area (Å²) in [6, 6.07) is 6.13. The molecule has 1 aliphatic carbocycles. The zero-order valence-electron chi connectivity index (χ0n) is 20.6. The second-order valence-corrected chi connectivity index (χ2v) is 9.60. The van der Waals surface area contributed by atoms with Crippen molar-refractivity contribution in [2.24, 2.45) is 11.5 Å². The topological polar surface area (TPSA) is 136 Å². The number of rotatable bonds is 7. The number of fused-ring (bicyclic) bond motifs is 1. The Morgan fingerprint density at radius 2 is 1.81 bits per heavy atom. The molecule has 190 valence electrons. The largest absolute Gasteiger partial charge is 0.366 e. The average Bonchev–Trinajstić information content (AvgIpc) is 3.24. The normalized spacial score (nSPS) is 17.8.